The number of hydrogen-bond donors (Lipinski definition) is 2. The SMILES string of the molecule is COC(=O)c1ccc(NCc2cnc(NC(=O)CCC(C3CCCCC3)C3CCCCC3)s2)cc1. The minimum atomic E-state index is -0.344. The summed E-state index contributed by atoms with van der Waals surface area (Å²) in [5.74, 6) is 2.10. The van der Waals surface area contributed by atoms with E-state index >= 15 is 0 Å². The molecule has 7 heteroatoms. The summed E-state index contributed by atoms with van der Waals surface area (Å²) in [5.41, 5.74) is 1.43. The van der Waals surface area contributed by atoms with Gasteiger partial charge in [0.25, 0.3) is 0 Å². The van der Waals surface area contributed by atoms with Crippen molar-refractivity contribution in [2.75, 3.05) is 17.7 Å². The Morgan fingerprint density at radius 1 is 1.00 bits per heavy atom. The van der Waals surface area contributed by atoms with Gasteiger partial charge in [-0.2, -0.15) is 0 Å². The number of nitrogens with one attached hydrogen (secondary N) is 2. The van der Waals surface area contributed by atoms with E-state index in [0.29, 0.717) is 29.6 Å². The summed E-state index contributed by atoms with van der Waals surface area (Å²) in [4.78, 5) is 29.8. The lowest BCUT2D eigenvalue weighted by atomic mass is 9.68. The summed E-state index contributed by atoms with van der Waals surface area (Å²) in [7, 11) is 1.38. The number of aromatic nitrogens is 1. The maximum Gasteiger partial charge on any atom is 0.337 e. The predicted molar refractivity (Wildman–Crippen MR) is 142 cm³/mol. The molecule has 2 saturated carbocycles. The predicted octanol–water partition coefficient (Wildman–Crippen LogP) is 7.04. The number of anilines is 2. The Kier molecular flexibility index (Phi) is 9.57. The molecule has 0 unspecified atom stereocenters. The Balaban J connectivity index is 1.25. The van der Waals surface area contributed by atoms with E-state index in [1.807, 2.05) is 18.3 Å². The summed E-state index contributed by atoms with van der Waals surface area (Å²) in [6.45, 7) is 0.608. The number of rotatable bonds is 10. The van der Waals surface area contributed by atoms with Crippen molar-refractivity contribution in [3.8, 4) is 0 Å². The van der Waals surface area contributed by atoms with Crippen LogP contribution >= 0.6 is 11.3 Å². The van der Waals surface area contributed by atoms with Gasteiger partial charge in [0.05, 0.1) is 19.2 Å². The van der Waals surface area contributed by atoms with Crippen molar-refractivity contribution in [1.82, 2.24) is 4.98 Å². The third-order valence-electron chi connectivity index (χ3n) is 7.79. The van der Waals surface area contributed by atoms with Crippen LogP contribution in [0.5, 0.6) is 0 Å². The molecule has 1 heterocycles. The molecule has 0 radical (unpaired) electrons. The zero-order chi connectivity index (χ0) is 24.5. The molecule has 1 aromatic heterocycles. The third-order valence-corrected chi connectivity index (χ3v) is 8.70. The second-order valence-electron chi connectivity index (χ2n) is 10.1. The van der Waals surface area contributed by atoms with Crippen molar-refractivity contribution in [1.29, 1.82) is 0 Å². The van der Waals surface area contributed by atoms with E-state index in [1.165, 1.54) is 82.7 Å². The number of nitrogens with zero attached hydrogens (tertiary/aromatic N) is 1. The quantitative estimate of drug-likeness (QED) is 0.344. The van der Waals surface area contributed by atoms with Crippen LogP contribution in [0.1, 0.15) is 92.3 Å². The Morgan fingerprint density at radius 3 is 2.23 bits per heavy atom. The highest BCUT2D eigenvalue weighted by molar-refractivity contribution is 7.15. The number of carbonyl (C=O) groups is 2. The molecule has 2 fully saturated rings. The number of esters is 1. The average Bonchev–Trinajstić information content (AvgIpc) is 3.35. The standard InChI is InChI=1S/C28H39N3O3S/c1-34-27(33)22-12-14-23(15-13-22)29-18-24-19-30-28(35-24)31-26(32)17-16-25(20-8-4-2-5-9-20)21-10-6-3-7-11-21/h12-15,19-21,25,29H,2-11,16-18H2,1H3,(H,30,31,32). The number of methoxy groups -OCH3 is 1. The minimum absolute atomic E-state index is 0.0916. The highest BCUT2D eigenvalue weighted by Crippen LogP contribution is 2.42. The molecule has 0 saturated heterocycles. The maximum absolute atomic E-state index is 12.8. The van der Waals surface area contributed by atoms with Gasteiger partial charge in [0.1, 0.15) is 0 Å². The largest absolute Gasteiger partial charge is 0.465 e. The molecule has 1 aromatic carbocycles. The Labute approximate surface area is 213 Å². The van der Waals surface area contributed by atoms with Crippen molar-refractivity contribution in [3.63, 3.8) is 0 Å². The lowest BCUT2D eigenvalue weighted by Crippen LogP contribution is -2.28. The second-order valence-corrected chi connectivity index (χ2v) is 11.2. The average molecular weight is 498 g/mol. The van der Waals surface area contributed by atoms with Gasteiger partial charge in [0, 0.05) is 23.2 Å². The summed E-state index contributed by atoms with van der Waals surface area (Å²) < 4.78 is 4.73. The molecule has 0 spiro atoms. The molecule has 1 amide bonds. The Morgan fingerprint density at radius 2 is 1.63 bits per heavy atom. The first-order valence-corrected chi connectivity index (χ1v) is 14.1. The van der Waals surface area contributed by atoms with Crippen LogP contribution in [0.15, 0.2) is 30.5 Å². The van der Waals surface area contributed by atoms with Crippen molar-refractivity contribution in [2.24, 2.45) is 17.8 Å². The van der Waals surface area contributed by atoms with E-state index < -0.39 is 0 Å². The first kappa shape index (κ1) is 25.7. The molecule has 2 aromatic rings. The van der Waals surface area contributed by atoms with Gasteiger partial charge in [-0.15, -0.1) is 0 Å². The minimum Gasteiger partial charge on any atom is -0.465 e. The molecule has 2 aliphatic rings. The molecule has 0 bridgehead atoms. The molecule has 2 N–H and O–H groups in total. The fourth-order valence-electron chi connectivity index (χ4n) is 5.94. The molecular weight excluding hydrogens is 458 g/mol. The highest BCUT2D eigenvalue weighted by atomic mass is 32.1. The second kappa shape index (κ2) is 13.1. The fourth-order valence-corrected chi connectivity index (χ4v) is 6.71. The van der Waals surface area contributed by atoms with Crippen LogP contribution in [0.3, 0.4) is 0 Å². The van der Waals surface area contributed by atoms with Crippen LogP contribution < -0.4 is 10.6 Å². The lowest BCUT2D eigenvalue weighted by Gasteiger charge is -2.38. The molecule has 190 valence electrons. The first-order valence-electron chi connectivity index (χ1n) is 13.3. The summed E-state index contributed by atoms with van der Waals surface area (Å²) >= 11 is 1.50. The van der Waals surface area contributed by atoms with Crippen molar-refractivity contribution in [2.45, 2.75) is 83.6 Å². The zero-order valence-corrected chi connectivity index (χ0v) is 21.7. The molecule has 0 atom stereocenters. The number of carbonyl (C=O) groups excluding carboxylic acids is 2. The van der Waals surface area contributed by atoms with Crippen LogP contribution in [0.25, 0.3) is 0 Å². The van der Waals surface area contributed by atoms with Crippen LogP contribution in [0.2, 0.25) is 0 Å². The van der Waals surface area contributed by atoms with Gasteiger partial charge in [0.15, 0.2) is 5.13 Å². The number of benzene rings is 1. The normalized spacial score (nSPS) is 17.3. The van der Waals surface area contributed by atoms with Crippen molar-refractivity contribution in [3.05, 3.63) is 40.9 Å². The van der Waals surface area contributed by atoms with E-state index in [4.69, 9.17) is 4.74 Å². The van der Waals surface area contributed by atoms with Gasteiger partial charge in [-0.3, -0.25) is 4.79 Å². The molecule has 2 aliphatic carbocycles. The van der Waals surface area contributed by atoms with Gasteiger partial charge < -0.3 is 15.4 Å². The van der Waals surface area contributed by atoms with Gasteiger partial charge in [0.2, 0.25) is 5.91 Å². The topological polar surface area (TPSA) is 80.3 Å². The van der Waals surface area contributed by atoms with Crippen LogP contribution in [-0.4, -0.2) is 24.0 Å². The van der Waals surface area contributed by atoms with E-state index in [9.17, 15) is 9.59 Å². The number of thiazole rings is 1. The molecule has 35 heavy (non-hydrogen) atoms. The maximum atomic E-state index is 12.8. The summed E-state index contributed by atoms with van der Waals surface area (Å²) in [6, 6.07) is 7.18. The smallest absolute Gasteiger partial charge is 0.337 e. The van der Waals surface area contributed by atoms with Gasteiger partial charge >= 0.3 is 5.97 Å². The third kappa shape index (κ3) is 7.53. The first-order chi connectivity index (χ1) is 17.1. The van der Waals surface area contributed by atoms with E-state index in [0.717, 1.165) is 28.8 Å². The summed E-state index contributed by atoms with van der Waals surface area (Å²) in [6.07, 6.45) is 17.1. The summed E-state index contributed by atoms with van der Waals surface area (Å²) in [5, 5.41) is 7.03. The lowest BCUT2D eigenvalue weighted by molar-refractivity contribution is -0.116. The molecule has 6 nitrogen and oxygen atoms in total. The number of hydrogen-bond acceptors (Lipinski definition) is 6. The van der Waals surface area contributed by atoms with E-state index in [2.05, 4.69) is 15.6 Å². The van der Waals surface area contributed by atoms with Gasteiger partial charge in [-0.1, -0.05) is 75.5 Å². The highest BCUT2D eigenvalue weighted by Gasteiger charge is 2.31. The van der Waals surface area contributed by atoms with Crippen LogP contribution in [-0.2, 0) is 16.1 Å². The monoisotopic (exact) mass is 497 g/mol. The number of ether oxygens (including phenoxy) is 1. The van der Waals surface area contributed by atoms with Gasteiger partial charge in [-0.25, -0.2) is 9.78 Å². The zero-order valence-electron chi connectivity index (χ0n) is 20.9. The molecular formula is C28H39N3O3S. The van der Waals surface area contributed by atoms with Crippen LogP contribution in [0.4, 0.5) is 10.8 Å². The molecule has 0 aliphatic heterocycles. The Hall–Kier alpha value is -2.41. The van der Waals surface area contributed by atoms with Crippen LogP contribution in [0, 0.1) is 17.8 Å². The molecule has 4 rings (SSSR count). The van der Waals surface area contributed by atoms with Gasteiger partial charge in [-0.05, 0) is 48.4 Å². The fraction of sp³-hybridized carbons (Fsp3) is 0.607. The Bertz CT molecular complexity index is 929. The van der Waals surface area contributed by atoms with E-state index in [-0.39, 0.29) is 11.9 Å². The van der Waals surface area contributed by atoms with E-state index in [1.54, 1.807) is 12.1 Å². The van der Waals surface area contributed by atoms with Crippen molar-refractivity contribution < 1.29 is 14.3 Å². The number of amides is 1. The van der Waals surface area contributed by atoms with Crippen molar-refractivity contribution >= 4 is 34.0 Å².